The van der Waals surface area contributed by atoms with Crippen molar-refractivity contribution in [1.82, 2.24) is 4.98 Å². The first-order chi connectivity index (χ1) is 8.15. The van der Waals surface area contributed by atoms with Crippen LogP contribution in [-0.2, 0) is 4.74 Å². The van der Waals surface area contributed by atoms with Crippen molar-refractivity contribution in [3.63, 3.8) is 0 Å². The predicted octanol–water partition coefficient (Wildman–Crippen LogP) is 2.06. The largest absolute Gasteiger partial charge is 0.492 e. The van der Waals surface area contributed by atoms with Crippen LogP contribution < -0.4 is 10.5 Å². The van der Waals surface area contributed by atoms with Crippen LogP contribution in [0.1, 0.15) is 17.3 Å². The zero-order valence-electron chi connectivity index (χ0n) is 9.52. The van der Waals surface area contributed by atoms with Crippen LogP contribution in [0.5, 0.6) is 5.75 Å². The van der Waals surface area contributed by atoms with E-state index in [-0.39, 0.29) is 0 Å². The van der Waals surface area contributed by atoms with Crippen LogP contribution in [0.2, 0.25) is 0 Å². The fourth-order valence-corrected chi connectivity index (χ4v) is 2.31. The molecule has 0 saturated heterocycles. The standard InChI is InChI=1S/C11H12N2O3S/c1-3-16-7-4-6(10(14)15-2)5-8-9(7)13-11(12)17-8/h4-5H,3H2,1-2H3,(H2,12,13). The van der Waals surface area contributed by atoms with Gasteiger partial charge in [0.2, 0.25) is 0 Å². The number of hydrogen-bond acceptors (Lipinski definition) is 6. The number of carbonyl (C=O) groups excluding carboxylic acids is 1. The van der Waals surface area contributed by atoms with Crippen molar-refractivity contribution < 1.29 is 14.3 Å². The second-order valence-electron chi connectivity index (χ2n) is 3.30. The minimum Gasteiger partial charge on any atom is -0.492 e. The summed E-state index contributed by atoms with van der Waals surface area (Å²) in [5.74, 6) is 0.151. The van der Waals surface area contributed by atoms with Gasteiger partial charge < -0.3 is 15.2 Å². The summed E-state index contributed by atoms with van der Waals surface area (Å²) >= 11 is 1.31. The summed E-state index contributed by atoms with van der Waals surface area (Å²) in [6, 6.07) is 3.33. The number of ether oxygens (including phenoxy) is 2. The number of thiazole rings is 1. The molecule has 0 atom stereocenters. The molecular formula is C11H12N2O3S. The fraction of sp³-hybridized carbons (Fsp3) is 0.273. The van der Waals surface area contributed by atoms with Crippen molar-refractivity contribution in [3.8, 4) is 5.75 Å². The number of anilines is 1. The zero-order valence-corrected chi connectivity index (χ0v) is 10.3. The molecule has 0 saturated carbocycles. The highest BCUT2D eigenvalue weighted by molar-refractivity contribution is 7.22. The maximum absolute atomic E-state index is 11.5. The average molecular weight is 252 g/mol. The Morgan fingerprint density at radius 2 is 2.29 bits per heavy atom. The van der Waals surface area contributed by atoms with Gasteiger partial charge in [0.1, 0.15) is 11.3 Å². The van der Waals surface area contributed by atoms with E-state index in [1.807, 2.05) is 6.92 Å². The Morgan fingerprint density at radius 1 is 1.53 bits per heavy atom. The second-order valence-corrected chi connectivity index (χ2v) is 4.36. The number of methoxy groups -OCH3 is 1. The number of nitrogen functional groups attached to an aromatic ring is 1. The third-order valence-corrected chi connectivity index (χ3v) is 3.03. The lowest BCUT2D eigenvalue weighted by Gasteiger charge is -2.06. The lowest BCUT2D eigenvalue weighted by atomic mass is 10.2. The van der Waals surface area contributed by atoms with E-state index in [0.29, 0.717) is 28.6 Å². The van der Waals surface area contributed by atoms with Crippen molar-refractivity contribution >= 4 is 32.7 Å². The van der Waals surface area contributed by atoms with E-state index in [1.165, 1.54) is 18.4 Å². The summed E-state index contributed by atoms with van der Waals surface area (Å²) in [6.07, 6.45) is 0. The molecule has 5 nitrogen and oxygen atoms in total. The molecule has 0 aliphatic rings. The van der Waals surface area contributed by atoms with Crippen molar-refractivity contribution in [3.05, 3.63) is 17.7 Å². The molecule has 1 aromatic carbocycles. The Labute approximate surface area is 102 Å². The minimum absolute atomic E-state index is 0.403. The molecular weight excluding hydrogens is 240 g/mol. The van der Waals surface area contributed by atoms with Crippen LogP contribution in [0.15, 0.2) is 12.1 Å². The van der Waals surface area contributed by atoms with Gasteiger partial charge in [0.25, 0.3) is 0 Å². The SMILES string of the molecule is CCOc1cc(C(=O)OC)cc2sc(N)nc12. The van der Waals surface area contributed by atoms with Gasteiger partial charge in [0, 0.05) is 0 Å². The molecule has 1 heterocycles. The van der Waals surface area contributed by atoms with Gasteiger partial charge in [-0.15, -0.1) is 0 Å². The Balaban J connectivity index is 2.61. The average Bonchev–Trinajstić information content (AvgIpc) is 2.69. The predicted molar refractivity (Wildman–Crippen MR) is 66.5 cm³/mol. The number of nitrogens with two attached hydrogens (primary N) is 1. The van der Waals surface area contributed by atoms with Gasteiger partial charge in [-0.1, -0.05) is 11.3 Å². The Hall–Kier alpha value is -1.82. The first-order valence-corrected chi connectivity index (χ1v) is 5.88. The monoisotopic (exact) mass is 252 g/mol. The maximum Gasteiger partial charge on any atom is 0.338 e. The van der Waals surface area contributed by atoms with E-state index in [9.17, 15) is 4.79 Å². The molecule has 0 amide bonds. The number of nitrogens with zero attached hydrogens (tertiary/aromatic N) is 1. The molecule has 0 aliphatic carbocycles. The molecule has 2 N–H and O–H groups in total. The fourth-order valence-electron chi connectivity index (χ4n) is 1.52. The smallest absolute Gasteiger partial charge is 0.338 e. The third-order valence-electron chi connectivity index (χ3n) is 2.20. The first-order valence-electron chi connectivity index (χ1n) is 5.07. The van der Waals surface area contributed by atoms with Crippen molar-refractivity contribution in [2.24, 2.45) is 0 Å². The number of fused-ring (bicyclic) bond motifs is 1. The quantitative estimate of drug-likeness (QED) is 0.846. The maximum atomic E-state index is 11.5. The summed E-state index contributed by atoms with van der Waals surface area (Å²) in [7, 11) is 1.34. The number of aromatic nitrogens is 1. The van der Waals surface area contributed by atoms with Crippen LogP contribution >= 0.6 is 11.3 Å². The molecule has 6 heteroatoms. The Bertz CT molecular complexity index is 565. The lowest BCUT2D eigenvalue weighted by molar-refractivity contribution is 0.0600. The van der Waals surface area contributed by atoms with Gasteiger partial charge in [0.05, 0.1) is 24.0 Å². The summed E-state index contributed by atoms with van der Waals surface area (Å²) < 4.78 is 10.9. The van der Waals surface area contributed by atoms with Gasteiger partial charge >= 0.3 is 5.97 Å². The summed E-state index contributed by atoms with van der Waals surface area (Å²) in [6.45, 7) is 2.36. The number of benzene rings is 1. The molecule has 0 spiro atoms. The third kappa shape index (κ3) is 2.16. The van der Waals surface area contributed by atoms with Crippen molar-refractivity contribution in [2.45, 2.75) is 6.92 Å². The summed E-state index contributed by atoms with van der Waals surface area (Å²) in [5.41, 5.74) is 6.77. The molecule has 0 aliphatic heterocycles. The van der Waals surface area contributed by atoms with E-state index in [2.05, 4.69) is 9.72 Å². The van der Waals surface area contributed by atoms with Crippen LogP contribution in [0, 0.1) is 0 Å². The highest BCUT2D eigenvalue weighted by Gasteiger charge is 2.14. The molecule has 2 aromatic rings. The van der Waals surface area contributed by atoms with Gasteiger partial charge in [-0.3, -0.25) is 0 Å². The number of rotatable bonds is 3. The van der Waals surface area contributed by atoms with E-state index in [0.717, 1.165) is 4.70 Å². The molecule has 0 unspecified atom stereocenters. The molecule has 17 heavy (non-hydrogen) atoms. The molecule has 90 valence electrons. The zero-order chi connectivity index (χ0) is 12.4. The van der Waals surface area contributed by atoms with Crippen LogP contribution in [0.4, 0.5) is 5.13 Å². The highest BCUT2D eigenvalue weighted by atomic mass is 32.1. The first kappa shape index (κ1) is 11.7. The number of hydrogen-bond donors (Lipinski definition) is 1. The molecule has 0 fully saturated rings. The van der Waals surface area contributed by atoms with Gasteiger partial charge in [-0.05, 0) is 19.1 Å². The van der Waals surface area contributed by atoms with Gasteiger partial charge in [-0.25, -0.2) is 9.78 Å². The summed E-state index contributed by atoms with van der Waals surface area (Å²) in [5, 5.41) is 0.447. The minimum atomic E-state index is -0.403. The van der Waals surface area contributed by atoms with E-state index >= 15 is 0 Å². The van der Waals surface area contributed by atoms with Crippen molar-refractivity contribution in [1.29, 1.82) is 0 Å². The van der Waals surface area contributed by atoms with Crippen LogP contribution in [0.3, 0.4) is 0 Å². The topological polar surface area (TPSA) is 74.4 Å². The van der Waals surface area contributed by atoms with E-state index in [1.54, 1.807) is 12.1 Å². The molecule has 1 aromatic heterocycles. The van der Waals surface area contributed by atoms with Crippen molar-refractivity contribution in [2.75, 3.05) is 19.5 Å². The van der Waals surface area contributed by atoms with E-state index < -0.39 is 5.97 Å². The molecule has 2 rings (SSSR count). The number of carbonyl (C=O) groups is 1. The highest BCUT2D eigenvalue weighted by Crippen LogP contribution is 2.32. The molecule has 0 radical (unpaired) electrons. The van der Waals surface area contributed by atoms with Gasteiger partial charge in [0.15, 0.2) is 5.13 Å². The van der Waals surface area contributed by atoms with Crippen LogP contribution in [0.25, 0.3) is 10.2 Å². The normalized spacial score (nSPS) is 10.5. The van der Waals surface area contributed by atoms with Gasteiger partial charge in [-0.2, -0.15) is 0 Å². The summed E-state index contributed by atoms with van der Waals surface area (Å²) in [4.78, 5) is 15.7. The van der Waals surface area contributed by atoms with Crippen LogP contribution in [-0.4, -0.2) is 24.7 Å². The molecule has 0 bridgehead atoms. The van der Waals surface area contributed by atoms with E-state index in [4.69, 9.17) is 10.5 Å². The Kier molecular flexibility index (Phi) is 3.14. The Morgan fingerprint density at radius 3 is 2.94 bits per heavy atom. The number of esters is 1. The second kappa shape index (κ2) is 4.58. The lowest BCUT2D eigenvalue weighted by Crippen LogP contribution is -2.02.